The highest BCUT2D eigenvalue weighted by Gasteiger charge is 2.00. The molecule has 3 nitrogen and oxygen atoms in total. The first kappa shape index (κ1) is 12.3. The lowest BCUT2D eigenvalue weighted by Gasteiger charge is -2.07. The highest BCUT2D eigenvalue weighted by Crippen LogP contribution is 2.17. The molecule has 2 rings (SSSR count). The normalized spacial score (nSPS) is 9.94. The number of nitrogens with zero attached hydrogens (tertiary/aromatic N) is 1. The summed E-state index contributed by atoms with van der Waals surface area (Å²) < 4.78 is 1.16. The number of rotatable bonds is 3. The molecule has 0 saturated carbocycles. The van der Waals surface area contributed by atoms with E-state index in [-0.39, 0.29) is 0 Å². The van der Waals surface area contributed by atoms with Crippen LogP contribution in [0.4, 0.5) is 11.5 Å². The molecule has 0 spiro atoms. The minimum Gasteiger partial charge on any atom is -0.388 e. The van der Waals surface area contributed by atoms with E-state index in [1.165, 1.54) is 0 Å². The highest BCUT2D eigenvalue weighted by molar-refractivity contribution is 14.1. The molecule has 5 heteroatoms. The molecule has 3 N–H and O–H groups in total. The number of pyridine rings is 1. The third-order valence-electron chi connectivity index (χ3n) is 2.10. The zero-order valence-corrected chi connectivity index (χ0v) is 11.8. The average Bonchev–Trinajstić information content (AvgIpc) is 2.29. The topological polar surface area (TPSA) is 50.9 Å². The minimum atomic E-state index is 0.302. The van der Waals surface area contributed by atoms with E-state index in [0.717, 1.165) is 15.1 Å². The molecule has 0 fully saturated rings. The van der Waals surface area contributed by atoms with Gasteiger partial charge in [0.05, 0.1) is 5.69 Å². The molecule has 0 aliphatic rings. The van der Waals surface area contributed by atoms with Crippen LogP contribution in [-0.2, 0) is 0 Å². The van der Waals surface area contributed by atoms with Gasteiger partial charge in [-0.3, -0.25) is 0 Å². The standard InChI is InChI=1S/C12H10IN3S/c13-8-3-1-4-9(7-8)15-11-6-2-5-10(16-11)12(14)17/h1-7H,(H2,14,17)(H,15,16). The number of nitrogens with one attached hydrogen (secondary N) is 1. The zero-order chi connectivity index (χ0) is 12.3. The molecule has 86 valence electrons. The highest BCUT2D eigenvalue weighted by atomic mass is 127. The molecular weight excluding hydrogens is 345 g/mol. The lowest BCUT2D eigenvalue weighted by molar-refractivity contribution is 1.28. The Morgan fingerprint density at radius 3 is 2.71 bits per heavy atom. The van der Waals surface area contributed by atoms with Gasteiger partial charge in [0.25, 0.3) is 0 Å². The smallest absolute Gasteiger partial charge is 0.131 e. The van der Waals surface area contributed by atoms with Crippen molar-refractivity contribution in [2.24, 2.45) is 5.73 Å². The SMILES string of the molecule is NC(=S)c1cccc(Nc2cccc(I)c2)n1. The fourth-order valence-electron chi connectivity index (χ4n) is 1.36. The molecule has 1 heterocycles. The lowest BCUT2D eigenvalue weighted by atomic mass is 10.3. The van der Waals surface area contributed by atoms with Gasteiger partial charge in [0.1, 0.15) is 10.8 Å². The molecule has 1 aromatic heterocycles. The van der Waals surface area contributed by atoms with Crippen LogP contribution in [0.25, 0.3) is 0 Å². The van der Waals surface area contributed by atoms with Crippen LogP contribution < -0.4 is 11.1 Å². The Hall–Kier alpha value is -1.21. The number of thiocarbonyl (C=S) groups is 1. The van der Waals surface area contributed by atoms with Crippen LogP contribution in [0.3, 0.4) is 0 Å². The van der Waals surface area contributed by atoms with E-state index in [4.69, 9.17) is 18.0 Å². The van der Waals surface area contributed by atoms with Crippen molar-refractivity contribution >= 4 is 51.3 Å². The van der Waals surface area contributed by atoms with E-state index in [1.54, 1.807) is 6.07 Å². The Labute approximate surface area is 119 Å². The average molecular weight is 355 g/mol. The first-order chi connectivity index (χ1) is 8.15. The molecule has 0 aliphatic carbocycles. The number of nitrogens with two attached hydrogens (primary N) is 1. The second kappa shape index (κ2) is 5.42. The quantitative estimate of drug-likeness (QED) is 0.656. The molecule has 0 unspecified atom stereocenters. The molecule has 0 bridgehead atoms. The minimum absolute atomic E-state index is 0.302. The summed E-state index contributed by atoms with van der Waals surface area (Å²) in [6, 6.07) is 13.6. The molecule has 0 atom stereocenters. The Kier molecular flexibility index (Phi) is 3.90. The summed E-state index contributed by atoms with van der Waals surface area (Å²) in [6.07, 6.45) is 0. The molecular formula is C12H10IN3S. The van der Waals surface area contributed by atoms with Gasteiger partial charge in [-0.1, -0.05) is 24.4 Å². The van der Waals surface area contributed by atoms with Crippen LogP contribution in [0.1, 0.15) is 5.69 Å². The fraction of sp³-hybridized carbons (Fsp3) is 0. The summed E-state index contributed by atoms with van der Waals surface area (Å²) in [4.78, 5) is 4.62. The largest absolute Gasteiger partial charge is 0.388 e. The maximum absolute atomic E-state index is 5.54. The summed E-state index contributed by atoms with van der Waals surface area (Å²) in [5, 5.41) is 3.21. The summed E-state index contributed by atoms with van der Waals surface area (Å²) in [6.45, 7) is 0. The predicted octanol–water partition coefficient (Wildman–Crippen LogP) is 3.06. The maximum Gasteiger partial charge on any atom is 0.131 e. The van der Waals surface area contributed by atoms with Crippen LogP contribution in [-0.4, -0.2) is 9.97 Å². The number of benzene rings is 1. The number of anilines is 2. The number of halogens is 1. The van der Waals surface area contributed by atoms with Crippen LogP contribution in [0.15, 0.2) is 42.5 Å². The van der Waals surface area contributed by atoms with Crippen molar-refractivity contribution in [3.63, 3.8) is 0 Å². The Morgan fingerprint density at radius 1 is 1.24 bits per heavy atom. The number of aromatic nitrogens is 1. The molecule has 1 aromatic carbocycles. The van der Waals surface area contributed by atoms with Gasteiger partial charge >= 0.3 is 0 Å². The van der Waals surface area contributed by atoms with Gasteiger partial charge in [-0.15, -0.1) is 0 Å². The summed E-state index contributed by atoms with van der Waals surface area (Å²) in [7, 11) is 0. The van der Waals surface area contributed by atoms with Crippen molar-refractivity contribution < 1.29 is 0 Å². The maximum atomic E-state index is 5.54. The van der Waals surface area contributed by atoms with E-state index in [1.807, 2.05) is 36.4 Å². The zero-order valence-electron chi connectivity index (χ0n) is 8.85. The van der Waals surface area contributed by atoms with Crippen LogP contribution in [0, 0.1) is 3.57 Å². The predicted molar refractivity (Wildman–Crippen MR) is 82.6 cm³/mol. The van der Waals surface area contributed by atoms with Crippen LogP contribution >= 0.6 is 34.8 Å². The van der Waals surface area contributed by atoms with Crippen molar-refractivity contribution in [1.82, 2.24) is 4.98 Å². The van der Waals surface area contributed by atoms with Crippen molar-refractivity contribution in [1.29, 1.82) is 0 Å². The van der Waals surface area contributed by atoms with Crippen molar-refractivity contribution in [3.8, 4) is 0 Å². The number of hydrogen-bond donors (Lipinski definition) is 2. The Morgan fingerprint density at radius 2 is 2.00 bits per heavy atom. The van der Waals surface area contributed by atoms with Gasteiger partial charge in [0, 0.05) is 9.26 Å². The van der Waals surface area contributed by atoms with E-state index >= 15 is 0 Å². The summed E-state index contributed by atoms with van der Waals surface area (Å²) in [5.74, 6) is 0.734. The summed E-state index contributed by atoms with van der Waals surface area (Å²) in [5.41, 5.74) is 7.15. The molecule has 0 aliphatic heterocycles. The fourth-order valence-corrected chi connectivity index (χ4v) is 2.01. The van der Waals surface area contributed by atoms with Gasteiger partial charge in [0.15, 0.2) is 0 Å². The Balaban J connectivity index is 2.24. The second-order valence-electron chi connectivity index (χ2n) is 3.41. The van der Waals surface area contributed by atoms with Crippen LogP contribution in [0.5, 0.6) is 0 Å². The van der Waals surface area contributed by atoms with E-state index in [2.05, 4.69) is 32.9 Å². The second-order valence-corrected chi connectivity index (χ2v) is 5.09. The number of hydrogen-bond acceptors (Lipinski definition) is 3. The molecule has 2 aromatic rings. The third-order valence-corrected chi connectivity index (χ3v) is 2.98. The monoisotopic (exact) mass is 355 g/mol. The molecule has 0 radical (unpaired) electrons. The summed E-state index contributed by atoms with van der Waals surface area (Å²) >= 11 is 7.16. The van der Waals surface area contributed by atoms with Gasteiger partial charge in [-0.2, -0.15) is 0 Å². The van der Waals surface area contributed by atoms with Gasteiger partial charge in [0.2, 0.25) is 0 Å². The molecule has 17 heavy (non-hydrogen) atoms. The lowest BCUT2D eigenvalue weighted by Crippen LogP contribution is -2.12. The van der Waals surface area contributed by atoms with Gasteiger partial charge in [-0.05, 0) is 52.9 Å². The first-order valence-corrected chi connectivity index (χ1v) is 6.43. The van der Waals surface area contributed by atoms with E-state index in [9.17, 15) is 0 Å². The van der Waals surface area contributed by atoms with Gasteiger partial charge < -0.3 is 11.1 Å². The first-order valence-electron chi connectivity index (χ1n) is 4.94. The van der Waals surface area contributed by atoms with Crippen LogP contribution in [0.2, 0.25) is 0 Å². The van der Waals surface area contributed by atoms with Crippen molar-refractivity contribution in [2.45, 2.75) is 0 Å². The van der Waals surface area contributed by atoms with Gasteiger partial charge in [-0.25, -0.2) is 4.98 Å². The molecule has 0 saturated heterocycles. The molecule has 0 amide bonds. The third kappa shape index (κ3) is 3.37. The van der Waals surface area contributed by atoms with Crippen molar-refractivity contribution in [2.75, 3.05) is 5.32 Å². The van der Waals surface area contributed by atoms with Crippen molar-refractivity contribution in [3.05, 3.63) is 51.7 Å². The van der Waals surface area contributed by atoms with E-state index in [0.29, 0.717) is 10.7 Å². The van der Waals surface area contributed by atoms with E-state index < -0.39 is 0 Å². The Bertz CT molecular complexity index is 557.